The number of hydrogen-bond donors (Lipinski definition) is 1. The third kappa shape index (κ3) is 3.25. The van der Waals surface area contributed by atoms with Crippen molar-refractivity contribution in [1.82, 2.24) is 20.2 Å². The van der Waals surface area contributed by atoms with Crippen LogP contribution in [0.4, 0.5) is 5.69 Å². The summed E-state index contributed by atoms with van der Waals surface area (Å²) in [7, 11) is 0. The molecule has 1 N–H and O–H groups in total. The van der Waals surface area contributed by atoms with E-state index in [1.807, 2.05) is 60.7 Å². The van der Waals surface area contributed by atoms with Crippen molar-refractivity contribution < 1.29 is 0 Å². The number of nitrogens with zero attached hydrogens (tertiary/aromatic N) is 4. The molecule has 0 aliphatic carbocycles. The minimum absolute atomic E-state index is 0.121. The molecule has 0 saturated heterocycles. The van der Waals surface area contributed by atoms with Crippen molar-refractivity contribution in [2.45, 2.75) is 13.0 Å². The highest BCUT2D eigenvalue weighted by Crippen LogP contribution is 2.14. The lowest BCUT2D eigenvalue weighted by Gasteiger charge is -2.11. The zero-order chi connectivity index (χ0) is 14.5. The molecule has 106 valence electrons. The lowest BCUT2D eigenvalue weighted by molar-refractivity contribution is 0.441. The van der Waals surface area contributed by atoms with Gasteiger partial charge in [-0.15, -0.1) is 10.2 Å². The SMILES string of the molecule is CC(CNc1ccccc1)n1nnc(-c2ccccc2)n1. The van der Waals surface area contributed by atoms with E-state index < -0.39 is 0 Å². The van der Waals surface area contributed by atoms with Crippen LogP contribution in [0, 0.1) is 0 Å². The fourth-order valence-corrected chi connectivity index (χ4v) is 2.02. The monoisotopic (exact) mass is 279 g/mol. The van der Waals surface area contributed by atoms with Crippen LogP contribution in [0.1, 0.15) is 13.0 Å². The summed E-state index contributed by atoms with van der Waals surface area (Å²) in [4.78, 5) is 1.65. The summed E-state index contributed by atoms with van der Waals surface area (Å²) in [6, 6.07) is 20.1. The second-order valence-electron chi connectivity index (χ2n) is 4.90. The molecule has 0 bridgehead atoms. The fraction of sp³-hybridized carbons (Fsp3) is 0.188. The first-order valence-corrected chi connectivity index (χ1v) is 6.97. The van der Waals surface area contributed by atoms with Crippen LogP contribution < -0.4 is 5.32 Å². The number of rotatable bonds is 5. The first-order chi connectivity index (χ1) is 10.3. The zero-order valence-electron chi connectivity index (χ0n) is 11.8. The summed E-state index contributed by atoms with van der Waals surface area (Å²) in [6.45, 7) is 2.81. The Morgan fingerprint density at radius 1 is 1.00 bits per heavy atom. The smallest absolute Gasteiger partial charge is 0.204 e. The minimum atomic E-state index is 0.121. The summed E-state index contributed by atoms with van der Waals surface area (Å²) in [5, 5.41) is 16.1. The molecule has 0 fully saturated rings. The molecule has 3 rings (SSSR count). The van der Waals surface area contributed by atoms with Gasteiger partial charge in [-0.25, -0.2) is 0 Å². The number of tetrazole rings is 1. The first kappa shape index (κ1) is 13.3. The van der Waals surface area contributed by atoms with Crippen molar-refractivity contribution >= 4 is 5.69 Å². The molecule has 1 heterocycles. The molecule has 1 aromatic heterocycles. The Balaban J connectivity index is 1.66. The van der Waals surface area contributed by atoms with Crippen LogP contribution in [0.15, 0.2) is 60.7 Å². The summed E-state index contributed by atoms with van der Waals surface area (Å²) in [5.41, 5.74) is 2.07. The van der Waals surface area contributed by atoms with E-state index in [1.165, 1.54) is 0 Å². The van der Waals surface area contributed by atoms with E-state index >= 15 is 0 Å². The quantitative estimate of drug-likeness (QED) is 0.780. The Bertz CT molecular complexity index is 678. The van der Waals surface area contributed by atoms with E-state index in [2.05, 4.69) is 27.7 Å². The third-order valence-corrected chi connectivity index (χ3v) is 3.23. The van der Waals surface area contributed by atoms with Crippen LogP contribution in [0.5, 0.6) is 0 Å². The predicted octanol–water partition coefficient (Wildman–Crippen LogP) is 3.01. The largest absolute Gasteiger partial charge is 0.383 e. The van der Waals surface area contributed by atoms with Crippen LogP contribution in [0.2, 0.25) is 0 Å². The van der Waals surface area contributed by atoms with Crippen LogP contribution in [-0.4, -0.2) is 26.8 Å². The second kappa shape index (κ2) is 6.17. The van der Waals surface area contributed by atoms with Gasteiger partial charge in [-0.1, -0.05) is 48.5 Å². The molecule has 21 heavy (non-hydrogen) atoms. The van der Waals surface area contributed by atoms with Gasteiger partial charge in [0.05, 0.1) is 6.04 Å². The van der Waals surface area contributed by atoms with Crippen LogP contribution >= 0.6 is 0 Å². The van der Waals surface area contributed by atoms with Crippen molar-refractivity contribution in [1.29, 1.82) is 0 Å². The Hall–Kier alpha value is -2.69. The maximum Gasteiger partial charge on any atom is 0.204 e. The van der Waals surface area contributed by atoms with Gasteiger partial charge >= 0.3 is 0 Å². The highest BCUT2D eigenvalue weighted by molar-refractivity contribution is 5.53. The lowest BCUT2D eigenvalue weighted by Crippen LogP contribution is -2.18. The van der Waals surface area contributed by atoms with Gasteiger partial charge in [0.25, 0.3) is 0 Å². The van der Waals surface area contributed by atoms with E-state index in [9.17, 15) is 0 Å². The molecule has 0 spiro atoms. The van der Waals surface area contributed by atoms with Gasteiger partial charge in [0.1, 0.15) is 0 Å². The summed E-state index contributed by atoms with van der Waals surface area (Å²) >= 11 is 0. The van der Waals surface area contributed by atoms with Gasteiger partial charge in [-0.2, -0.15) is 4.80 Å². The molecule has 0 radical (unpaired) electrons. The number of para-hydroxylation sites is 1. The molecule has 0 amide bonds. The van der Waals surface area contributed by atoms with Gasteiger partial charge < -0.3 is 5.32 Å². The highest BCUT2D eigenvalue weighted by atomic mass is 15.6. The van der Waals surface area contributed by atoms with Crippen LogP contribution in [-0.2, 0) is 0 Å². The van der Waals surface area contributed by atoms with Crippen molar-refractivity contribution in [2.75, 3.05) is 11.9 Å². The zero-order valence-corrected chi connectivity index (χ0v) is 11.8. The highest BCUT2D eigenvalue weighted by Gasteiger charge is 2.10. The molecular formula is C16H17N5. The van der Waals surface area contributed by atoms with E-state index in [-0.39, 0.29) is 6.04 Å². The predicted molar refractivity (Wildman–Crippen MR) is 82.9 cm³/mol. The van der Waals surface area contributed by atoms with E-state index in [1.54, 1.807) is 4.80 Å². The molecule has 2 aromatic carbocycles. The Morgan fingerprint density at radius 3 is 2.38 bits per heavy atom. The van der Waals surface area contributed by atoms with E-state index in [0.29, 0.717) is 5.82 Å². The van der Waals surface area contributed by atoms with E-state index in [4.69, 9.17) is 0 Å². The van der Waals surface area contributed by atoms with Gasteiger partial charge in [-0.3, -0.25) is 0 Å². The van der Waals surface area contributed by atoms with Crippen molar-refractivity contribution in [3.05, 3.63) is 60.7 Å². The first-order valence-electron chi connectivity index (χ1n) is 6.97. The molecule has 0 saturated carbocycles. The van der Waals surface area contributed by atoms with Gasteiger partial charge in [0.2, 0.25) is 5.82 Å². The maximum atomic E-state index is 4.45. The van der Waals surface area contributed by atoms with E-state index in [0.717, 1.165) is 17.8 Å². The molecule has 1 unspecified atom stereocenters. The summed E-state index contributed by atoms with van der Waals surface area (Å²) in [5.74, 6) is 0.655. The number of benzene rings is 2. The maximum absolute atomic E-state index is 4.45. The van der Waals surface area contributed by atoms with Crippen molar-refractivity contribution in [3.63, 3.8) is 0 Å². The summed E-state index contributed by atoms with van der Waals surface area (Å²) in [6.07, 6.45) is 0. The average Bonchev–Trinajstić information content (AvgIpc) is 3.04. The fourth-order valence-electron chi connectivity index (χ4n) is 2.02. The Labute approximate surface area is 123 Å². The minimum Gasteiger partial charge on any atom is -0.383 e. The van der Waals surface area contributed by atoms with Crippen LogP contribution in [0.3, 0.4) is 0 Å². The van der Waals surface area contributed by atoms with Crippen molar-refractivity contribution in [2.24, 2.45) is 0 Å². The normalized spacial score (nSPS) is 12.0. The average molecular weight is 279 g/mol. The Morgan fingerprint density at radius 2 is 1.67 bits per heavy atom. The lowest BCUT2D eigenvalue weighted by atomic mass is 10.2. The van der Waals surface area contributed by atoms with Gasteiger partial charge in [0, 0.05) is 17.8 Å². The topological polar surface area (TPSA) is 55.6 Å². The molecule has 0 aliphatic heterocycles. The number of aromatic nitrogens is 4. The van der Waals surface area contributed by atoms with Crippen LogP contribution in [0.25, 0.3) is 11.4 Å². The molecular weight excluding hydrogens is 262 g/mol. The molecule has 3 aromatic rings. The number of anilines is 1. The third-order valence-electron chi connectivity index (χ3n) is 3.23. The molecule has 1 atom stereocenters. The molecule has 5 heteroatoms. The number of nitrogens with one attached hydrogen (secondary N) is 1. The van der Waals surface area contributed by atoms with Crippen molar-refractivity contribution in [3.8, 4) is 11.4 Å². The summed E-state index contributed by atoms with van der Waals surface area (Å²) < 4.78 is 0. The standard InChI is InChI=1S/C16H17N5/c1-13(12-17-15-10-6-3-7-11-15)21-19-16(18-20-21)14-8-4-2-5-9-14/h2-11,13,17H,12H2,1H3. The number of hydrogen-bond acceptors (Lipinski definition) is 4. The Kier molecular flexibility index (Phi) is 3.91. The molecule has 0 aliphatic rings. The second-order valence-corrected chi connectivity index (χ2v) is 4.90. The molecule has 5 nitrogen and oxygen atoms in total. The van der Waals surface area contributed by atoms with Gasteiger partial charge in [0.15, 0.2) is 0 Å². The van der Waals surface area contributed by atoms with Gasteiger partial charge in [-0.05, 0) is 24.3 Å².